The zero-order valence-corrected chi connectivity index (χ0v) is 21.0. The molecule has 1 saturated carbocycles. The molecular weight excluding hydrogens is 470 g/mol. The number of amides is 1. The van der Waals surface area contributed by atoms with Crippen molar-refractivity contribution >= 4 is 37.4 Å². The fourth-order valence-corrected chi connectivity index (χ4v) is 6.45. The van der Waals surface area contributed by atoms with E-state index in [4.69, 9.17) is 14.2 Å². The van der Waals surface area contributed by atoms with Crippen LogP contribution >= 0.6 is 11.3 Å². The molecule has 1 amide bonds. The molecule has 1 saturated heterocycles. The predicted octanol–water partition coefficient (Wildman–Crippen LogP) is 6.27. The smallest absolute Gasteiger partial charge is 0.226 e. The van der Waals surface area contributed by atoms with Gasteiger partial charge in [0.1, 0.15) is 6.61 Å². The summed E-state index contributed by atoms with van der Waals surface area (Å²) in [6, 6.07) is 19.6. The van der Waals surface area contributed by atoms with Gasteiger partial charge in [0, 0.05) is 50.7 Å². The van der Waals surface area contributed by atoms with Gasteiger partial charge in [-0.1, -0.05) is 24.3 Å². The summed E-state index contributed by atoms with van der Waals surface area (Å²) in [5.41, 5.74) is 3.26. The number of hydrogen-bond donors (Lipinski definition) is 0. The Morgan fingerprint density at radius 3 is 2.72 bits per heavy atom. The molecule has 2 aliphatic heterocycles. The lowest BCUT2D eigenvalue weighted by Gasteiger charge is -2.20. The summed E-state index contributed by atoms with van der Waals surface area (Å²) < 4.78 is 20.8. The zero-order valence-electron chi connectivity index (χ0n) is 20.2. The molecule has 1 atom stereocenters. The number of hydrogen-bond acceptors (Lipinski definition) is 5. The van der Waals surface area contributed by atoms with Crippen molar-refractivity contribution in [2.75, 3.05) is 33.0 Å². The molecule has 3 aromatic carbocycles. The van der Waals surface area contributed by atoms with Crippen LogP contribution < -0.4 is 9.47 Å². The third-order valence-corrected chi connectivity index (χ3v) is 8.70. The van der Waals surface area contributed by atoms with E-state index < -0.39 is 0 Å². The van der Waals surface area contributed by atoms with E-state index in [1.165, 1.54) is 20.2 Å². The van der Waals surface area contributed by atoms with E-state index in [-0.39, 0.29) is 11.8 Å². The molecule has 4 aromatic rings. The number of rotatable bonds is 5. The van der Waals surface area contributed by atoms with Crippen molar-refractivity contribution < 1.29 is 19.0 Å². The van der Waals surface area contributed by atoms with Crippen molar-refractivity contribution in [3.63, 3.8) is 0 Å². The number of ether oxygens (including phenoxy) is 3. The highest BCUT2D eigenvalue weighted by Crippen LogP contribution is 2.42. The van der Waals surface area contributed by atoms with Gasteiger partial charge in [0.15, 0.2) is 11.5 Å². The SMILES string of the molecule is O=C(C1CC1)N1CCOc2c(cc(-c3ccc4sc5ccccc5c4c3)cc2OCC2CCOC2)C1. The Morgan fingerprint density at radius 1 is 0.972 bits per heavy atom. The Morgan fingerprint density at radius 2 is 1.86 bits per heavy atom. The Balaban J connectivity index is 1.30. The number of carbonyl (C=O) groups excluding carboxylic acids is 1. The van der Waals surface area contributed by atoms with Crippen LogP contribution in [-0.2, 0) is 16.1 Å². The molecule has 3 aliphatic rings. The molecule has 0 spiro atoms. The number of carbonyl (C=O) groups is 1. The highest BCUT2D eigenvalue weighted by molar-refractivity contribution is 7.25. The highest BCUT2D eigenvalue weighted by Gasteiger charge is 2.35. The van der Waals surface area contributed by atoms with E-state index in [2.05, 4.69) is 54.6 Å². The maximum Gasteiger partial charge on any atom is 0.226 e. The average molecular weight is 500 g/mol. The van der Waals surface area contributed by atoms with Crippen LogP contribution in [0.1, 0.15) is 24.8 Å². The number of nitrogens with zero attached hydrogens (tertiary/aromatic N) is 1. The zero-order chi connectivity index (χ0) is 24.1. The summed E-state index contributed by atoms with van der Waals surface area (Å²) in [5, 5.41) is 2.56. The predicted molar refractivity (Wildman–Crippen MR) is 143 cm³/mol. The first kappa shape index (κ1) is 22.1. The minimum atomic E-state index is 0.196. The molecule has 36 heavy (non-hydrogen) atoms. The Kier molecular flexibility index (Phi) is 5.59. The van der Waals surface area contributed by atoms with Crippen molar-refractivity contribution in [1.82, 2.24) is 4.90 Å². The van der Waals surface area contributed by atoms with Gasteiger partial charge in [-0.3, -0.25) is 4.79 Å². The van der Waals surface area contributed by atoms with E-state index in [0.717, 1.165) is 60.7 Å². The van der Waals surface area contributed by atoms with Crippen LogP contribution in [0.15, 0.2) is 54.6 Å². The maximum absolute atomic E-state index is 12.9. The minimum absolute atomic E-state index is 0.196. The van der Waals surface area contributed by atoms with Gasteiger partial charge in [-0.15, -0.1) is 11.3 Å². The molecule has 1 unspecified atom stereocenters. The molecule has 0 bridgehead atoms. The van der Waals surface area contributed by atoms with Crippen molar-refractivity contribution in [3.05, 3.63) is 60.2 Å². The maximum atomic E-state index is 12.9. The molecule has 7 rings (SSSR count). The fraction of sp³-hybridized carbons (Fsp3) is 0.367. The summed E-state index contributed by atoms with van der Waals surface area (Å²) >= 11 is 1.83. The Hall–Kier alpha value is -3.09. The lowest BCUT2D eigenvalue weighted by molar-refractivity contribution is -0.133. The number of thiophene rings is 1. The van der Waals surface area contributed by atoms with Crippen LogP contribution in [0.3, 0.4) is 0 Å². The molecule has 1 aliphatic carbocycles. The van der Waals surface area contributed by atoms with Crippen LogP contribution in [0.4, 0.5) is 0 Å². The standard InChI is InChI=1S/C30H29NO4S/c32-30(20-5-6-20)31-10-12-34-29-23(16-31)13-22(15-26(29)35-18-19-9-11-33-17-19)21-7-8-28-25(14-21)24-3-1-2-4-27(24)36-28/h1-4,7-8,13-15,19-20H,5-6,9-12,16-18H2. The van der Waals surface area contributed by atoms with Gasteiger partial charge in [-0.2, -0.15) is 0 Å². The molecular formula is C30H29NO4S. The van der Waals surface area contributed by atoms with Gasteiger partial charge in [0.05, 0.1) is 19.8 Å². The van der Waals surface area contributed by atoms with Crippen LogP contribution in [0.25, 0.3) is 31.3 Å². The monoisotopic (exact) mass is 499 g/mol. The fourth-order valence-electron chi connectivity index (χ4n) is 5.36. The summed E-state index contributed by atoms with van der Waals surface area (Å²) in [4.78, 5) is 14.9. The summed E-state index contributed by atoms with van der Waals surface area (Å²) in [7, 11) is 0. The summed E-state index contributed by atoms with van der Waals surface area (Å²) in [6.45, 7) is 3.82. The third-order valence-electron chi connectivity index (χ3n) is 7.55. The third kappa shape index (κ3) is 4.12. The van der Waals surface area contributed by atoms with Gasteiger partial charge in [-0.25, -0.2) is 0 Å². The molecule has 0 N–H and O–H groups in total. The van der Waals surface area contributed by atoms with Crippen LogP contribution in [-0.4, -0.2) is 43.8 Å². The number of benzene rings is 3. The van der Waals surface area contributed by atoms with Gasteiger partial charge in [0.2, 0.25) is 5.91 Å². The van der Waals surface area contributed by atoms with Gasteiger partial charge < -0.3 is 19.1 Å². The first-order valence-electron chi connectivity index (χ1n) is 12.9. The Bertz CT molecular complexity index is 1450. The van der Waals surface area contributed by atoms with Gasteiger partial charge in [0.25, 0.3) is 0 Å². The minimum Gasteiger partial charge on any atom is -0.489 e. The van der Waals surface area contributed by atoms with E-state index in [1.54, 1.807) is 0 Å². The molecule has 5 nitrogen and oxygen atoms in total. The topological polar surface area (TPSA) is 48.0 Å². The summed E-state index contributed by atoms with van der Waals surface area (Å²) in [5.74, 6) is 2.41. The summed E-state index contributed by atoms with van der Waals surface area (Å²) in [6.07, 6.45) is 3.04. The Labute approximate surface area is 214 Å². The first-order valence-corrected chi connectivity index (χ1v) is 13.8. The molecule has 1 aromatic heterocycles. The lowest BCUT2D eigenvalue weighted by Crippen LogP contribution is -2.33. The molecule has 184 valence electrons. The lowest BCUT2D eigenvalue weighted by atomic mass is 9.99. The number of fused-ring (bicyclic) bond motifs is 4. The quantitative estimate of drug-likeness (QED) is 0.325. The van der Waals surface area contributed by atoms with Crippen molar-refractivity contribution in [3.8, 4) is 22.6 Å². The second-order valence-corrected chi connectivity index (χ2v) is 11.3. The van der Waals surface area contributed by atoms with E-state index in [1.807, 2.05) is 16.2 Å². The van der Waals surface area contributed by atoms with Crippen molar-refractivity contribution in [1.29, 1.82) is 0 Å². The van der Waals surface area contributed by atoms with E-state index in [9.17, 15) is 4.79 Å². The van der Waals surface area contributed by atoms with Crippen LogP contribution in [0, 0.1) is 11.8 Å². The van der Waals surface area contributed by atoms with E-state index >= 15 is 0 Å². The molecule has 0 radical (unpaired) electrons. The molecule has 3 heterocycles. The van der Waals surface area contributed by atoms with Gasteiger partial charge >= 0.3 is 0 Å². The largest absolute Gasteiger partial charge is 0.489 e. The van der Waals surface area contributed by atoms with Crippen LogP contribution in [0.5, 0.6) is 11.5 Å². The van der Waals surface area contributed by atoms with Gasteiger partial charge in [-0.05, 0) is 60.7 Å². The van der Waals surface area contributed by atoms with Crippen molar-refractivity contribution in [2.45, 2.75) is 25.8 Å². The second kappa shape index (κ2) is 9.09. The van der Waals surface area contributed by atoms with Crippen LogP contribution in [0.2, 0.25) is 0 Å². The normalized spacial score (nSPS) is 19.8. The second-order valence-electron chi connectivity index (χ2n) is 10.2. The first-order chi connectivity index (χ1) is 17.7. The molecule has 2 fully saturated rings. The van der Waals surface area contributed by atoms with Crippen molar-refractivity contribution in [2.24, 2.45) is 11.8 Å². The van der Waals surface area contributed by atoms with E-state index in [0.29, 0.717) is 32.2 Å². The average Bonchev–Trinajstić information content (AvgIpc) is 3.56. The highest BCUT2D eigenvalue weighted by atomic mass is 32.1. The molecule has 6 heteroatoms.